The fourth-order valence-corrected chi connectivity index (χ4v) is 2.89. The van der Waals surface area contributed by atoms with E-state index in [2.05, 4.69) is 16.0 Å². The summed E-state index contributed by atoms with van der Waals surface area (Å²) >= 11 is 0. The second kappa shape index (κ2) is 5.53. The Morgan fingerprint density at radius 3 is 2.78 bits per heavy atom. The second-order valence-corrected chi connectivity index (χ2v) is 6.38. The monoisotopic (exact) mass is 313 g/mol. The van der Waals surface area contributed by atoms with Crippen LogP contribution in [0.4, 0.5) is 10.5 Å². The highest BCUT2D eigenvalue weighted by Gasteiger charge is 2.39. The summed E-state index contributed by atoms with van der Waals surface area (Å²) in [5.41, 5.74) is 0.811. The molecule has 0 saturated heterocycles. The number of benzene rings is 1. The van der Waals surface area contributed by atoms with Crippen LogP contribution in [0.3, 0.4) is 0 Å². The van der Waals surface area contributed by atoms with Gasteiger partial charge in [0.25, 0.3) is 5.91 Å². The highest BCUT2D eigenvalue weighted by Crippen LogP contribution is 2.32. The summed E-state index contributed by atoms with van der Waals surface area (Å²) in [7, 11) is 0. The van der Waals surface area contributed by atoms with Gasteiger partial charge in [-0.15, -0.1) is 0 Å². The molecule has 6 heteroatoms. The molecule has 1 aromatic carbocycles. The summed E-state index contributed by atoms with van der Waals surface area (Å²) in [6.45, 7) is 3.53. The predicted octanol–water partition coefficient (Wildman–Crippen LogP) is 2.07. The minimum atomic E-state index is -0.779. The zero-order valence-corrected chi connectivity index (χ0v) is 13.1. The molecule has 2 aliphatic rings. The van der Waals surface area contributed by atoms with Crippen LogP contribution in [0.15, 0.2) is 30.4 Å². The van der Waals surface area contributed by atoms with Gasteiger partial charge < -0.3 is 10.6 Å². The van der Waals surface area contributed by atoms with Crippen LogP contribution in [0.2, 0.25) is 0 Å². The Morgan fingerprint density at radius 2 is 2.09 bits per heavy atom. The van der Waals surface area contributed by atoms with Crippen molar-refractivity contribution in [3.05, 3.63) is 41.5 Å². The van der Waals surface area contributed by atoms with E-state index < -0.39 is 11.3 Å². The number of carbonyl (C=O) groups excluding carboxylic acids is 3. The molecule has 1 aliphatic heterocycles. The van der Waals surface area contributed by atoms with Crippen molar-refractivity contribution in [2.45, 2.75) is 38.1 Å². The zero-order valence-electron chi connectivity index (χ0n) is 13.1. The molecule has 0 aromatic heterocycles. The number of urea groups is 1. The van der Waals surface area contributed by atoms with Crippen LogP contribution >= 0.6 is 0 Å². The van der Waals surface area contributed by atoms with Crippen LogP contribution in [0.5, 0.6) is 0 Å². The Labute approximate surface area is 134 Å². The average Bonchev–Trinajstić information content (AvgIpc) is 2.98. The predicted molar refractivity (Wildman–Crippen MR) is 86.3 cm³/mol. The molecular weight excluding hydrogens is 294 g/mol. The maximum Gasteiger partial charge on any atom is 0.319 e. The molecule has 4 amide bonds. The summed E-state index contributed by atoms with van der Waals surface area (Å²) in [6.07, 6.45) is 5.87. The van der Waals surface area contributed by atoms with Gasteiger partial charge in [-0.05, 0) is 44.4 Å². The first-order valence-electron chi connectivity index (χ1n) is 7.62. The quantitative estimate of drug-likeness (QED) is 0.577. The zero-order chi connectivity index (χ0) is 16.6. The summed E-state index contributed by atoms with van der Waals surface area (Å²) in [4.78, 5) is 35.9. The lowest BCUT2D eigenvalue weighted by Gasteiger charge is -2.30. The van der Waals surface area contributed by atoms with Crippen molar-refractivity contribution < 1.29 is 14.4 Å². The molecule has 0 fully saturated rings. The fourth-order valence-electron chi connectivity index (χ4n) is 2.89. The molecule has 23 heavy (non-hydrogen) atoms. The molecule has 1 unspecified atom stereocenters. The van der Waals surface area contributed by atoms with Crippen LogP contribution in [-0.2, 0) is 10.2 Å². The number of anilines is 1. The first-order chi connectivity index (χ1) is 10.9. The van der Waals surface area contributed by atoms with Crippen molar-refractivity contribution in [3.63, 3.8) is 0 Å². The molecule has 1 aromatic rings. The Kier molecular flexibility index (Phi) is 3.67. The summed E-state index contributed by atoms with van der Waals surface area (Å²) < 4.78 is 0. The second-order valence-electron chi connectivity index (χ2n) is 6.38. The van der Waals surface area contributed by atoms with Gasteiger partial charge in [0.15, 0.2) is 0 Å². The van der Waals surface area contributed by atoms with Gasteiger partial charge in [-0.3, -0.25) is 14.9 Å². The van der Waals surface area contributed by atoms with Crippen LogP contribution in [0.1, 0.15) is 42.6 Å². The van der Waals surface area contributed by atoms with Crippen molar-refractivity contribution in [3.8, 4) is 0 Å². The lowest BCUT2D eigenvalue weighted by molar-refractivity contribution is -0.125. The van der Waals surface area contributed by atoms with Gasteiger partial charge in [0.05, 0.1) is 5.41 Å². The minimum Gasteiger partial charge on any atom is -0.332 e. The molecule has 0 bridgehead atoms. The normalized spacial score (nSPS) is 21.6. The summed E-state index contributed by atoms with van der Waals surface area (Å²) in [5, 5.41) is 7.93. The van der Waals surface area contributed by atoms with Gasteiger partial charge in [0.2, 0.25) is 5.91 Å². The van der Waals surface area contributed by atoms with Crippen LogP contribution in [0, 0.1) is 0 Å². The van der Waals surface area contributed by atoms with Gasteiger partial charge in [-0.25, -0.2) is 4.79 Å². The molecule has 0 spiro atoms. The van der Waals surface area contributed by atoms with Crippen molar-refractivity contribution >= 4 is 23.5 Å². The molecule has 1 heterocycles. The van der Waals surface area contributed by atoms with Crippen LogP contribution < -0.4 is 16.0 Å². The largest absolute Gasteiger partial charge is 0.332 e. The highest BCUT2D eigenvalue weighted by molar-refractivity contribution is 6.13. The molecule has 1 atom stereocenters. The molecule has 1 aliphatic carbocycles. The lowest BCUT2D eigenvalue weighted by atomic mass is 9.78. The standard InChI is InChI=1S/C17H19N3O3/c1-17(2)13-8-7-11(9-12(13)14(21)20-15(17)22)19-16(23)18-10-5-3-4-6-10/h3,5,7-10H,4,6H2,1-2H3,(H2,18,19,23)(H,20,21,22). The summed E-state index contributed by atoms with van der Waals surface area (Å²) in [5.74, 6) is -0.756. The topological polar surface area (TPSA) is 87.3 Å². The van der Waals surface area contributed by atoms with Crippen molar-refractivity contribution in [1.29, 1.82) is 0 Å². The Balaban J connectivity index is 1.79. The van der Waals surface area contributed by atoms with Gasteiger partial charge in [0.1, 0.15) is 0 Å². The van der Waals surface area contributed by atoms with Crippen LogP contribution in [0.25, 0.3) is 0 Å². The Morgan fingerprint density at radius 1 is 1.30 bits per heavy atom. The number of allylic oxidation sites excluding steroid dienone is 1. The number of nitrogens with one attached hydrogen (secondary N) is 3. The molecule has 6 nitrogen and oxygen atoms in total. The molecule has 0 radical (unpaired) electrons. The maximum atomic E-state index is 12.0. The van der Waals surface area contributed by atoms with Crippen molar-refractivity contribution in [1.82, 2.24) is 10.6 Å². The fraction of sp³-hybridized carbons (Fsp3) is 0.353. The third-order valence-corrected chi connectivity index (χ3v) is 4.32. The first kappa shape index (κ1) is 15.3. The Hall–Kier alpha value is -2.63. The molecule has 3 rings (SSSR count). The van der Waals surface area contributed by atoms with E-state index in [0.717, 1.165) is 12.8 Å². The number of rotatable bonds is 2. The van der Waals surface area contributed by atoms with Crippen LogP contribution in [-0.4, -0.2) is 23.9 Å². The number of hydrogen-bond donors (Lipinski definition) is 3. The molecular formula is C17H19N3O3. The van der Waals surface area contributed by atoms with Crippen molar-refractivity contribution in [2.24, 2.45) is 0 Å². The average molecular weight is 313 g/mol. The molecule has 0 saturated carbocycles. The molecule has 120 valence electrons. The molecule has 3 N–H and O–H groups in total. The smallest absolute Gasteiger partial charge is 0.319 e. The maximum absolute atomic E-state index is 12.0. The summed E-state index contributed by atoms with van der Waals surface area (Å²) in [6, 6.07) is 4.76. The van der Waals surface area contributed by atoms with Gasteiger partial charge in [-0.1, -0.05) is 18.2 Å². The van der Waals surface area contributed by atoms with E-state index in [1.807, 2.05) is 12.2 Å². The Bertz CT molecular complexity index is 722. The third kappa shape index (κ3) is 2.84. The van der Waals surface area contributed by atoms with E-state index in [1.54, 1.807) is 32.0 Å². The van der Waals surface area contributed by atoms with E-state index in [4.69, 9.17) is 0 Å². The SMILES string of the molecule is CC1(C)C(=O)NC(=O)c2cc(NC(=O)NC3C=CCC3)ccc21. The number of amides is 4. The van der Waals surface area contributed by atoms with E-state index in [0.29, 0.717) is 16.8 Å². The van der Waals surface area contributed by atoms with E-state index in [-0.39, 0.29) is 18.0 Å². The van der Waals surface area contributed by atoms with Gasteiger partial charge in [0, 0.05) is 17.3 Å². The number of carbonyl (C=O) groups is 3. The third-order valence-electron chi connectivity index (χ3n) is 4.32. The number of hydrogen-bond acceptors (Lipinski definition) is 3. The number of fused-ring (bicyclic) bond motifs is 1. The van der Waals surface area contributed by atoms with Crippen molar-refractivity contribution in [2.75, 3.05) is 5.32 Å². The lowest BCUT2D eigenvalue weighted by Crippen LogP contribution is -2.48. The first-order valence-corrected chi connectivity index (χ1v) is 7.62. The minimum absolute atomic E-state index is 0.0486. The van der Waals surface area contributed by atoms with Gasteiger partial charge >= 0.3 is 6.03 Å². The van der Waals surface area contributed by atoms with E-state index in [1.165, 1.54) is 0 Å². The van der Waals surface area contributed by atoms with Gasteiger partial charge in [-0.2, -0.15) is 0 Å². The van der Waals surface area contributed by atoms with E-state index in [9.17, 15) is 14.4 Å². The number of imide groups is 1. The highest BCUT2D eigenvalue weighted by atomic mass is 16.2. The van der Waals surface area contributed by atoms with E-state index >= 15 is 0 Å².